The molecule has 0 atom stereocenters. The number of hydrogen-bond acceptors (Lipinski definition) is 7. The molecule has 0 spiro atoms. The molecule has 1 aliphatic rings. The zero-order valence-electron chi connectivity index (χ0n) is 25.0. The van der Waals surface area contributed by atoms with Crippen molar-refractivity contribution in [1.82, 2.24) is 9.88 Å². The smallest absolute Gasteiger partial charge is 0.135 e. The zero-order valence-corrected chi connectivity index (χ0v) is 28.9. The molecular weight excluding hydrogens is 800 g/mol. The van der Waals surface area contributed by atoms with E-state index in [-0.39, 0.29) is 21.1 Å². The van der Waals surface area contributed by atoms with Gasteiger partial charge in [-0.2, -0.15) is 6.67 Å². The summed E-state index contributed by atoms with van der Waals surface area (Å²) in [5, 5.41) is 4.64. The van der Waals surface area contributed by atoms with Crippen molar-refractivity contribution in [2.45, 2.75) is 0 Å². The molecule has 8 heteroatoms. The maximum Gasteiger partial charge on any atom is 0.135 e. The molecule has 0 fully saturated rings. The van der Waals surface area contributed by atoms with E-state index in [2.05, 4.69) is 108 Å². The summed E-state index contributed by atoms with van der Waals surface area (Å²) in [5.74, 6) is 2.05. The number of thiophene rings is 2. The molecule has 3 aromatic heterocycles. The molecular formula is C39H25N4OPtS2-3. The third-order valence-electron chi connectivity index (χ3n) is 8.10. The predicted octanol–water partition coefficient (Wildman–Crippen LogP) is 11.0. The van der Waals surface area contributed by atoms with Crippen molar-refractivity contribution in [3.63, 3.8) is 0 Å². The van der Waals surface area contributed by atoms with Crippen LogP contribution >= 0.6 is 22.7 Å². The van der Waals surface area contributed by atoms with Crippen molar-refractivity contribution < 1.29 is 25.8 Å². The minimum absolute atomic E-state index is 0. The fourth-order valence-corrected chi connectivity index (χ4v) is 8.40. The second kappa shape index (κ2) is 12.2. The Balaban J connectivity index is 0.00000324. The Morgan fingerprint density at radius 1 is 0.702 bits per heavy atom. The number of benzene rings is 5. The number of ether oxygens (including phenoxy) is 1. The number of nitrogens with zero attached hydrogens (tertiary/aromatic N) is 4. The van der Waals surface area contributed by atoms with Crippen LogP contribution in [0.2, 0.25) is 0 Å². The molecule has 0 amide bonds. The third kappa shape index (κ3) is 5.25. The molecule has 1 aliphatic heterocycles. The van der Waals surface area contributed by atoms with Crippen molar-refractivity contribution >= 4 is 85.9 Å². The summed E-state index contributed by atoms with van der Waals surface area (Å²) in [4.78, 5) is 11.1. The summed E-state index contributed by atoms with van der Waals surface area (Å²) in [6.07, 6.45) is 5.91. The van der Waals surface area contributed by atoms with E-state index in [0.29, 0.717) is 11.5 Å². The number of fused-ring (bicyclic) bond motifs is 6. The molecule has 0 saturated carbocycles. The van der Waals surface area contributed by atoms with Gasteiger partial charge in [0, 0.05) is 53.8 Å². The van der Waals surface area contributed by atoms with Crippen LogP contribution in [0.15, 0.2) is 128 Å². The Kier molecular flexibility index (Phi) is 7.69. The van der Waals surface area contributed by atoms with Crippen LogP contribution in [0.3, 0.4) is 0 Å². The second-order valence-electron chi connectivity index (χ2n) is 11.1. The predicted molar refractivity (Wildman–Crippen MR) is 193 cm³/mol. The van der Waals surface area contributed by atoms with Crippen LogP contribution in [0.1, 0.15) is 0 Å². The van der Waals surface area contributed by atoms with Gasteiger partial charge in [0.1, 0.15) is 5.82 Å². The Bertz CT molecular complexity index is 2380. The Morgan fingerprint density at radius 3 is 2.02 bits per heavy atom. The van der Waals surface area contributed by atoms with E-state index in [0.717, 1.165) is 38.4 Å². The van der Waals surface area contributed by atoms with E-state index in [9.17, 15) is 0 Å². The molecule has 0 aliphatic carbocycles. The first-order chi connectivity index (χ1) is 22.7. The van der Waals surface area contributed by atoms with Gasteiger partial charge in [-0.3, -0.25) is 0 Å². The van der Waals surface area contributed by atoms with Crippen molar-refractivity contribution in [2.75, 3.05) is 16.8 Å². The van der Waals surface area contributed by atoms with Gasteiger partial charge in [0.2, 0.25) is 0 Å². The van der Waals surface area contributed by atoms with Gasteiger partial charge in [-0.15, -0.1) is 35.0 Å². The van der Waals surface area contributed by atoms with Gasteiger partial charge in [-0.1, -0.05) is 75.8 Å². The number of aromatic nitrogens is 1. The van der Waals surface area contributed by atoms with Crippen molar-refractivity contribution in [1.29, 1.82) is 0 Å². The summed E-state index contributed by atoms with van der Waals surface area (Å²) in [6, 6.07) is 44.9. The number of anilines is 4. The molecule has 0 radical (unpaired) electrons. The quantitative estimate of drug-likeness (QED) is 0.156. The molecule has 4 heterocycles. The first-order valence-corrected chi connectivity index (χ1v) is 16.6. The van der Waals surface area contributed by atoms with Crippen molar-refractivity contribution in [3.05, 3.63) is 147 Å². The standard InChI is InChI=1S/C39H25N4OS2.Pt/c1-41-19-20-42(25-41)33-23-27(21-31-29-13-5-7-15-35(29)45-38(31)33)44-28-22-32-30-14-6-8-16-36(30)46-39(32)34(24-28)43(26-11-3-2-4-12-26)37-17-9-10-18-40-37;/h2-22,25H,1H3;/q-3;. The van der Waals surface area contributed by atoms with Crippen LogP contribution in [-0.2, 0) is 21.1 Å². The minimum Gasteiger partial charge on any atom is -0.510 e. The Morgan fingerprint density at radius 2 is 1.34 bits per heavy atom. The van der Waals surface area contributed by atoms with E-state index in [1.165, 1.54) is 24.9 Å². The third-order valence-corrected chi connectivity index (χ3v) is 10.5. The van der Waals surface area contributed by atoms with Crippen LogP contribution in [0.4, 0.5) is 22.9 Å². The van der Waals surface area contributed by atoms with E-state index < -0.39 is 0 Å². The fraction of sp³-hybridized carbons (Fsp3) is 0.0256. The van der Waals surface area contributed by atoms with Gasteiger partial charge in [0.25, 0.3) is 0 Å². The summed E-state index contributed by atoms with van der Waals surface area (Å²) in [5.41, 5.74) is 2.84. The number of para-hydroxylation sites is 1. The summed E-state index contributed by atoms with van der Waals surface area (Å²) in [6.45, 7) is 2.05. The average Bonchev–Trinajstić information content (AvgIpc) is 3.81. The molecule has 5 nitrogen and oxygen atoms in total. The average molecular weight is 825 g/mol. The van der Waals surface area contributed by atoms with Gasteiger partial charge < -0.3 is 19.4 Å². The van der Waals surface area contributed by atoms with Gasteiger partial charge in [0.15, 0.2) is 0 Å². The SMILES string of the molecule is CN1C=CN(c2[c-]c(Oc3[c-]c(N(c4ccccc4)c4ccccn4)c4sc5ccccc5c4c3)cc3c2sc2ccccc23)[CH-]1.[Pt]. The Labute approximate surface area is 294 Å². The largest absolute Gasteiger partial charge is 0.510 e. The van der Waals surface area contributed by atoms with Crippen LogP contribution < -0.4 is 14.5 Å². The molecule has 0 bridgehead atoms. The molecule has 0 saturated heterocycles. The van der Waals surface area contributed by atoms with Gasteiger partial charge in [-0.05, 0) is 72.3 Å². The summed E-state index contributed by atoms with van der Waals surface area (Å²) < 4.78 is 11.5. The molecule has 9 rings (SSSR count). The van der Waals surface area contributed by atoms with E-state index >= 15 is 0 Å². The normalized spacial score (nSPS) is 12.8. The Hall–Kier alpha value is -4.68. The van der Waals surface area contributed by atoms with E-state index in [1.54, 1.807) is 22.7 Å². The van der Waals surface area contributed by atoms with Crippen LogP contribution in [0.25, 0.3) is 40.3 Å². The minimum atomic E-state index is 0. The monoisotopic (exact) mass is 824 g/mol. The van der Waals surface area contributed by atoms with Crippen LogP contribution in [0, 0.1) is 18.8 Å². The van der Waals surface area contributed by atoms with Crippen LogP contribution in [-0.4, -0.2) is 16.9 Å². The summed E-state index contributed by atoms with van der Waals surface area (Å²) >= 11 is 3.54. The molecule has 0 unspecified atom stereocenters. The number of hydrogen-bond donors (Lipinski definition) is 0. The molecule has 47 heavy (non-hydrogen) atoms. The van der Waals surface area contributed by atoms with Crippen LogP contribution in [0.5, 0.6) is 11.5 Å². The molecule has 5 aromatic carbocycles. The molecule has 0 N–H and O–H groups in total. The van der Waals surface area contributed by atoms with E-state index in [4.69, 9.17) is 9.72 Å². The molecule has 232 valence electrons. The maximum absolute atomic E-state index is 6.79. The number of pyridine rings is 1. The number of rotatable bonds is 6. The summed E-state index contributed by atoms with van der Waals surface area (Å²) in [7, 11) is 2.02. The van der Waals surface area contributed by atoms with Crippen molar-refractivity contribution in [3.8, 4) is 11.5 Å². The van der Waals surface area contributed by atoms with Gasteiger partial charge >= 0.3 is 0 Å². The first-order valence-electron chi connectivity index (χ1n) is 14.9. The van der Waals surface area contributed by atoms with Gasteiger partial charge in [0.05, 0.1) is 0 Å². The van der Waals surface area contributed by atoms with Gasteiger partial charge in [-0.25, -0.2) is 27.7 Å². The van der Waals surface area contributed by atoms with Crippen molar-refractivity contribution in [2.24, 2.45) is 0 Å². The molecule has 8 aromatic rings. The van der Waals surface area contributed by atoms with E-state index in [1.807, 2.05) is 60.7 Å². The second-order valence-corrected chi connectivity index (χ2v) is 13.2. The zero-order chi connectivity index (χ0) is 30.6. The first kappa shape index (κ1) is 29.7. The topological polar surface area (TPSA) is 31.8 Å². The fourth-order valence-electron chi connectivity index (χ4n) is 6.04. The maximum atomic E-state index is 6.79.